The van der Waals surface area contributed by atoms with Crippen LogP contribution in [0.2, 0.25) is 0 Å². The Morgan fingerprint density at radius 3 is 2.60 bits per heavy atom. The molecule has 0 spiro atoms. The summed E-state index contributed by atoms with van der Waals surface area (Å²) in [5.74, 6) is 1.04. The molecule has 1 unspecified atom stereocenters. The molecule has 0 radical (unpaired) electrons. The lowest BCUT2D eigenvalue weighted by Gasteiger charge is -2.42. The molecule has 0 aromatic heterocycles. The summed E-state index contributed by atoms with van der Waals surface area (Å²) in [4.78, 5) is 14.3. The monoisotopic (exact) mass is 304 g/mol. The van der Waals surface area contributed by atoms with Crippen molar-refractivity contribution in [3.63, 3.8) is 0 Å². The molecular weight excluding hydrogens is 276 g/mol. The highest BCUT2D eigenvalue weighted by Gasteiger charge is 2.33. The molecule has 0 saturated carbocycles. The Balaban J connectivity index is 0.00000200. The standard InChI is InChI=1S/C15H28N2O2.ClH/c1-12-10-17(11-15(2,3)19-12)14(18)5-4-13-6-8-16-9-7-13;/h12-13,16H,4-11H2,1-3H3;1H. The first kappa shape index (κ1) is 17.7. The molecule has 2 fully saturated rings. The minimum atomic E-state index is -0.206. The van der Waals surface area contributed by atoms with E-state index < -0.39 is 0 Å². The number of carbonyl (C=O) groups excluding carboxylic acids is 1. The van der Waals surface area contributed by atoms with Crippen LogP contribution in [-0.4, -0.2) is 48.7 Å². The number of nitrogens with zero attached hydrogens (tertiary/aromatic N) is 1. The van der Waals surface area contributed by atoms with Gasteiger partial charge in [0.25, 0.3) is 0 Å². The quantitative estimate of drug-likeness (QED) is 0.869. The van der Waals surface area contributed by atoms with Crippen LogP contribution in [-0.2, 0) is 9.53 Å². The molecule has 0 aliphatic carbocycles. The fraction of sp³-hybridized carbons (Fsp3) is 0.933. The van der Waals surface area contributed by atoms with Crippen molar-refractivity contribution >= 4 is 18.3 Å². The van der Waals surface area contributed by atoms with Crippen molar-refractivity contribution in [1.29, 1.82) is 0 Å². The Bertz CT molecular complexity index is 317. The second-order valence-corrected chi connectivity index (χ2v) is 6.69. The van der Waals surface area contributed by atoms with E-state index >= 15 is 0 Å². The van der Waals surface area contributed by atoms with Crippen molar-refractivity contribution < 1.29 is 9.53 Å². The van der Waals surface area contributed by atoms with Crippen molar-refractivity contribution in [1.82, 2.24) is 10.2 Å². The molecule has 0 bridgehead atoms. The summed E-state index contributed by atoms with van der Waals surface area (Å²) < 4.78 is 5.85. The fourth-order valence-corrected chi connectivity index (χ4v) is 3.30. The van der Waals surface area contributed by atoms with E-state index in [1.165, 1.54) is 12.8 Å². The Hall–Kier alpha value is -0.320. The number of hydrogen-bond acceptors (Lipinski definition) is 3. The summed E-state index contributed by atoms with van der Waals surface area (Å²) >= 11 is 0. The molecule has 118 valence electrons. The van der Waals surface area contributed by atoms with Crippen molar-refractivity contribution in [2.45, 2.75) is 58.2 Å². The van der Waals surface area contributed by atoms with E-state index in [2.05, 4.69) is 19.2 Å². The molecule has 0 aromatic carbocycles. The summed E-state index contributed by atoms with van der Waals surface area (Å²) in [6.07, 6.45) is 4.34. The van der Waals surface area contributed by atoms with Crippen LogP contribution in [0, 0.1) is 5.92 Å². The van der Waals surface area contributed by atoms with E-state index in [0.717, 1.165) is 38.5 Å². The molecule has 1 atom stereocenters. The van der Waals surface area contributed by atoms with Gasteiger partial charge in [0, 0.05) is 19.5 Å². The van der Waals surface area contributed by atoms with Gasteiger partial charge in [-0.25, -0.2) is 0 Å². The van der Waals surface area contributed by atoms with Crippen LogP contribution in [0.3, 0.4) is 0 Å². The van der Waals surface area contributed by atoms with Crippen LogP contribution in [0.4, 0.5) is 0 Å². The number of morpholine rings is 1. The van der Waals surface area contributed by atoms with Gasteiger partial charge in [0.05, 0.1) is 11.7 Å². The third-order valence-corrected chi connectivity index (χ3v) is 4.15. The van der Waals surface area contributed by atoms with Gasteiger partial charge in [-0.15, -0.1) is 12.4 Å². The summed E-state index contributed by atoms with van der Waals surface area (Å²) in [7, 11) is 0. The third kappa shape index (κ3) is 5.23. The molecule has 2 heterocycles. The third-order valence-electron chi connectivity index (χ3n) is 4.15. The average molecular weight is 305 g/mol. The zero-order valence-electron chi connectivity index (χ0n) is 13.0. The lowest BCUT2D eigenvalue weighted by Crippen LogP contribution is -2.53. The zero-order valence-corrected chi connectivity index (χ0v) is 13.8. The number of carbonyl (C=O) groups is 1. The number of rotatable bonds is 3. The van der Waals surface area contributed by atoms with E-state index in [4.69, 9.17) is 4.74 Å². The second-order valence-electron chi connectivity index (χ2n) is 6.69. The molecule has 2 aliphatic heterocycles. The van der Waals surface area contributed by atoms with Gasteiger partial charge in [0.2, 0.25) is 5.91 Å². The lowest BCUT2D eigenvalue weighted by atomic mass is 9.93. The highest BCUT2D eigenvalue weighted by molar-refractivity contribution is 5.85. The maximum atomic E-state index is 12.3. The molecule has 20 heavy (non-hydrogen) atoms. The number of amides is 1. The average Bonchev–Trinajstić information content (AvgIpc) is 2.34. The van der Waals surface area contributed by atoms with Gasteiger partial charge >= 0.3 is 0 Å². The molecule has 2 rings (SSSR count). The summed E-state index contributed by atoms with van der Waals surface area (Å²) in [6, 6.07) is 0. The molecule has 5 heteroatoms. The molecule has 0 aromatic rings. The number of ether oxygens (including phenoxy) is 1. The Labute approximate surface area is 129 Å². The van der Waals surface area contributed by atoms with Crippen LogP contribution in [0.5, 0.6) is 0 Å². The predicted molar refractivity (Wildman–Crippen MR) is 83.3 cm³/mol. The molecule has 4 nitrogen and oxygen atoms in total. The first-order chi connectivity index (χ1) is 8.96. The number of nitrogens with one attached hydrogen (secondary N) is 1. The Kier molecular flexibility index (Phi) is 6.76. The van der Waals surface area contributed by atoms with Gasteiger partial charge in [0.1, 0.15) is 0 Å². The highest BCUT2D eigenvalue weighted by atomic mass is 35.5. The summed E-state index contributed by atoms with van der Waals surface area (Å²) in [5.41, 5.74) is -0.206. The number of piperidine rings is 1. The maximum Gasteiger partial charge on any atom is 0.222 e. The van der Waals surface area contributed by atoms with E-state index in [0.29, 0.717) is 12.3 Å². The van der Waals surface area contributed by atoms with Crippen LogP contribution in [0.15, 0.2) is 0 Å². The normalized spacial score (nSPS) is 26.9. The van der Waals surface area contributed by atoms with Gasteiger partial charge in [-0.3, -0.25) is 4.79 Å². The van der Waals surface area contributed by atoms with Gasteiger partial charge in [0.15, 0.2) is 0 Å². The molecule has 1 amide bonds. The van der Waals surface area contributed by atoms with E-state index in [1.807, 2.05) is 11.8 Å². The van der Waals surface area contributed by atoms with E-state index in [-0.39, 0.29) is 24.1 Å². The van der Waals surface area contributed by atoms with Crippen LogP contribution < -0.4 is 5.32 Å². The number of hydrogen-bond donors (Lipinski definition) is 1. The van der Waals surface area contributed by atoms with Gasteiger partial charge in [-0.2, -0.15) is 0 Å². The van der Waals surface area contributed by atoms with Crippen LogP contribution in [0.25, 0.3) is 0 Å². The van der Waals surface area contributed by atoms with Crippen molar-refractivity contribution in [2.24, 2.45) is 5.92 Å². The lowest BCUT2D eigenvalue weighted by molar-refractivity contribution is -0.158. The zero-order chi connectivity index (χ0) is 13.9. The highest BCUT2D eigenvalue weighted by Crippen LogP contribution is 2.23. The number of halogens is 1. The van der Waals surface area contributed by atoms with E-state index in [1.54, 1.807) is 0 Å². The largest absolute Gasteiger partial charge is 0.369 e. The summed E-state index contributed by atoms with van der Waals surface area (Å²) in [6.45, 7) is 9.87. The van der Waals surface area contributed by atoms with Gasteiger partial charge in [-0.05, 0) is 59.0 Å². The minimum absolute atomic E-state index is 0. The van der Waals surface area contributed by atoms with Gasteiger partial charge in [-0.1, -0.05) is 0 Å². The van der Waals surface area contributed by atoms with Crippen molar-refractivity contribution in [3.05, 3.63) is 0 Å². The first-order valence-corrected chi connectivity index (χ1v) is 7.62. The van der Waals surface area contributed by atoms with E-state index in [9.17, 15) is 4.79 Å². The molecular formula is C15H29ClN2O2. The first-order valence-electron chi connectivity index (χ1n) is 7.62. The molecule has 2 aliphatic rings. The van der Waals surface area contributed by atoms with Crippen LogP contribution in [0.1, 0.15) is 46.5 Å². The smallest absolute Gasteiger partial charge is 0.222 e. The maximum absolute atomic E-state index is 12.3. The topological polar surface area (TPSA) is 41.6 Å². The Morgan fingerprint density at radius 2 is 2.00 bits per heavy atom. The SMILES string of the molecule is CC1CN(C(=O)CCC2CCNCC2)CC(C)(C)O1.Cl. The van der Waals surface area contributed by atoms with Crippen molar-refractivity contribution in [3.8, 4) is 0 Å². The molecule has 1 N–H and O–H groups in total. The van der Waals surface area contributed by atoms with Gasteiger partial charge < -0.3 is 15.0 Å². The second kappa shape index (κ2) is 7.62. The summed E-state index contributed by atoms with van der Waals surface area (Å²) in [5, 5.41) is 3.37. The van der Waals surface area contributed by atoms with Crippen LogP contribution >= 0.6 is 12.4 Å². The molecule has 2 saturated heterocycles. The Morgan fingerprint density at radius 1 is 1.35 bits per heavy atom. The fourth-order valence-electron chi connectivity index (χ4n) is 3.30. The predicted octanol–water partition coefficient (Wildman–Crippen LogP) is 2.21. The van der Waals surface area contributed by atoms with Crippen molar-refractivity contribution in [2.75, 3.05) is 26.2 Å². The minimum Gasteiger partial charge on any atom is -0.369 e.